The van der Waals surface area contributed by atoms with E-state index in [9.17, 15) is 0 Å². The second-order valence-corrected chi connectivity index (χ2v) is 5.00. The highest BCUT2D eigenvalue weighted by atomic mass is 35.5. The molecule has 0 radical (unpaired) electrons. The average molecular weight is 272 g/mol. The quantitative estimate of drug-likeness (QED) is 0.776. The van der Waals surface area contributed by atoms with Gasteiger partial charge < -0.3 is 10.1 Å². The van der Waals surface area contributed by atoms with Crippen LogP contribution in [0.2, 0.25) is 5.02 Å². The summed E-state index contributed by atoms with van der Waals surface area (Å²) in [5, 5.41) is 0.745. The molecule has 2 aromatic heterocycles. The molecule has 0 bridgehead atoms. The SMILES string of the molecule is Cc1ccc(-c2cn3ccnc3cc2CN)c(Cl)c1. The second-order valence-electron chi connectivity index (χ2n) is 4.59. The van der Waals surface area contributed by atoms with Crippen molar-refractivity contribution in [2.75, 3.05) is 0 Å². The minimum Gasteiger partial charge on any atom is -0.326 e. The van der Waals surface area contributed by atoms with Crippen molar-refractivity contribution in [3.63, 3.8) is 0 Å². The van der Waals surface area contributed by atoms with Crippen LogP contribution in [0.25, 0.3) is 16.8 Å². The highest BCUT2D eigenvalue weighted by Crippen LogP contribution is 2.31. The third-order valence-electron chi connectivity index (χ3n) is 3.25. The smallest absolute Gasteiger partial charge is 0.136 e. The summed E-state index contributed by atoms with van der Waals surface area (Å²) in [6.07, 6.45) is 5.72. The molecule has 0 atom stereocenters. The van der Waals surface area contributed by atoms with Gasteiger partial charge in [0, 0.05) is 41.3 Å². The fourth-order valence-electron chi connectivity index (χ4n) is 2.25. The number of hydrogen-bond acceptors (Lipinski definition) is 2. The first kappa shape index (κ1) is 12.2. The number of benzene rings is 1. The molecule has 3 nitrogen and oxygen atoms in total. The number of imidazole rings is 1. The second kappa shape index (κ2) is 4.68. The van der Waals surface area contributed by atoms with E-state index in [0.29, 0.717) is 6.54 Å². The largest absolute Gasteiger partial charge is 0.326 e. The highest BCUT2D eigenvalue weighted by Gasteiger charge is 2.10. The first-order valence-corrected chi connectivity index (χ1v) is 6.49. The van der Waals surface area contributed by atoms with E-state index in [-0.39, 0.29) is 0 Å². The summed E-state index contributed by atoms with van der Waals surface area (Å²) in [5.41, 5.74) is 11.0. The molecule has 0 fully saturated rings. The predicted molar refractivity (Wildman–Crippen MR) is 78.3 cm³/mol. The molecule has 96 valence electrons. The Morgan fingerprint density at radius 3 is 2.84 bits per heavy atom. The summed E-state index contributed by atoms with van der Waals surface area (Å²) >= 11 is 6.35. The summed E-state index contributed by atoms with van der Waals surface area (Å²) < 4.78 is 1.98. The number of halogens is 1. The molecule has 0 aliphatic heterocycles. The number of pyridine rings is 1. The molecule has 3 rings (SSSR count). The fraction of sp³-hybridized carbons (Fsp3) is 0.133. The van der Waals surface area contributed by atoms with Crippen LogP contribution in [0.3, 0.4) is 0 Å². The van der Waals surface area contributed by atoms with Crippen LogP contribution in [0, 0.1) is 6.92 Å². The van der Waals surface area contributed by atoms with Crippen molar-refractivity contribution >= 4 is 17.2 Å². The third-order valence-corrected chi connectivity index (χ3v) is 3.56. The number of aryl methyl sites for hydroxylation is 1. The predicted octanol–water partition coefficient (Wildman–Crippen LogP) is 3.42. The zero-order valence-corrected chi connectivity index (χ0v) is 11.4. The summed E-state index contributed by atoms with van der Waals surface area (Å²) in [5.74, 6) is 0. The lowest BCUT2D eigenvalue weighted by molar-refractivity contribution is 1.05. The van der Waals surface area contributed by atoms with Gasteiger partial charge in [0.25, 0.3) is 0 Å². The Balaban J connectivity index is 2.27. The van der Waals surface area contributed by atoms with Crippen LogP contribution in [-0.4, -0.2) is 9.38 Å². The molecular formula is C15H14ClN3. The standard InChI is InChI=1S/C15H14ClN3/c1-10-2-3-12(14(16)6-10)13-9-19-5-4-18-15(19)7-11(13)8-17/h2-7,9H,8,17H2,1H3. The van der Waals surface area contributed by atoms with Crippen molar-refractivity contribution < 1.29 is 0 Å². The van der Waals surface area contributed by atoms with Crippen LogP contribution in [-0.2, 0) is 6.54 Å². The van der Waals surface area contributed by atoms with Gasteiger partial charge in [-0.15, -0.1) is 0 Å². The molecule has 0 aliphatic rings. The van der Waals surface area contributed by atoms with Gasteiger partial charge in [0.1, 0.15) is 5.65 Å². The zero-order chi connectivity index (χ0) is 13.4. The molecule has 4 heteroatoms. The Labute approximate surface area is 116 Å². The van der Waals surface area contributed by atoms with Gasteiger partial charge in [0.2, 0.25) is 0 Å². The minimum atomic E-state index is 0.461. The number of nitrogens with two attached hydrogens (primary N) is 1. The van der Waals surface area contributed by atoms with E-state index in [0.717, 1.165) is 32.9 Å². The maximum absolute atomic E-state index is 6.35. The minimum absolute atomic E-state index is 0.461. The van der Waals surface area contributed by atoms with Gasteiger partial charge in [0.05, 0.1) is 0 Å². The number of hydrogen-bond donors (Lipinski definition) is 1. The van der Waals surface area contributed by atoms with Gasteiger partial charge in [-0.05, 0) is 30.2 Å². The summed E-state index contributed by atoms with van der Waals surface area (Å²) in [4.78, 5) is 4.27. The van der Waals surface area contributed by atoms with Gasteiger partial charge in [-0.2, -0.15) is 0 Å². The Morgan fingerprint density at radius 2 is 2.11 bits per heavy atom. The lowest BCUT2D eigenvalue weighted by Crippen LogP contribution is -2.01. The Kier molecular flexibility index (Phi) is 3.01. The molecular weight excluding hydrogens is 258 g/mol. The lowest BCUT2D eigenvalue weighted by atomic mass is 10.0. The highest BCUT2D eigenvalue weighted by molar-refractivity contribution is 6.33. The number of nitrogens with zero attached hydrogens (tertiary/aromatic N) is 2. The summed E-state index contributed by atoms with van der Waals surface area (Å²) in [6, 6.07) is 8.06. The fourth-order valence-corrected chi connectivity index (χ4v) is 2.59. The molecule has 0 amide bonds. The summed E-state index contributed by atoms with van der Waals surface area (Å²) in [7, 11) is 0. The van der Waals surface area contributed by atoms with Crippen LogP contribution < -0.4 is 5.73 Å². The van der Waals surface area contributed by atoms with Gasteiger partial charge in [-0.3, -0.25) is 0 Å². The zero-order valence-electron chi connectivity index (χ0n) is 10.6. The van der Waals surface area contributed by atoms with Crippen molar-refractivity contribution in [2.24, 2.45) is 5.73 Å². The van der Waals surface area contributed by atoms with Crippen molar-refractivity contribution in [1.29, 1.82) is 0 Å². The lowest BCUT2D eigenvalue weighted by Gasteiger charge is -2.11. The third kappa shape index (κ3) is 2.11. The molecule has 0 saturated heterocycles. The summed E-state index contributed by atoms with van der Waals surface area (Å²) in [6.45, 7) is 2.49. The van der Waals surface area contributed by atoms with Crippen molar-refractivity contribution in [1.82, 2.24) is 9.38 Å². The van der Waals surface area contributed by atoms with E-state index in [1.807, 2.05) is 41.9 Å². The van der Waals surface area contributed by atoms with E-state index in [2.05, 4.69) is 11.1 Å². The average Bonchev–Trinajstić information content (AvgIpc) is 2.84. The van der Waals surface area contributed by atoms with Gasteiger partial charge in [-0.25, -0.2) is 4.98 Å². The van der Waals surface area contributed by atoms with Crippen molar-refractivity contribution in [2.45, 2.75) is 13.5 Å². The molecule has 2 N–H and O–H groups in total. The number of aromatic nitrogens is 2. The van der Waals surface area contributed by atoms with E-state index in [1.54, 1.807) is 6.20 Å². The van der Waals surface area contributed by atoms with Crippen molar-refractivity contribution in [3.8, 4) is 11.1 Å². The van der Waals surface area contributed by atoms with E-state index >= 15 is 0 Å². The Bertz CT molecular complexity index is 746. The Hall–Kier alpha value is -1.84. The van der Waals surface area contributed by atoms with E-state index in [4.69, 9.17) is 17.3 Å². The van der Waals surface area contributed by atoms with Gasteiger partial charge >= 0.3 is 0 Å². The molecule has 0 aliphatic carbocycles. The molecule has 0 spiro atoms. The van der Waals surface area contributed by atoms with Crippen LogP contribution >= 0.6 is 11.6 Å². The maximum atomic E-state index is 6.35. The normalized spacial score (nSPS) is 11.1. The van der Waals surface area contributed by atoms with Crippen LogP contribution in [0.15, 0.2) is 42.9 Å². The Morgan fingerprint density at radius 1 is 1.26 bits per heavy atom. The number of rotatable bonds is 2. The molecule has 0 unspecified atom stereocenters. The van der Waals surface area contributed by atoms with Crippen molar-refractivity contribution in [3.05, 3.63) is 59.0 Å². The maximum Gasteiger partial charge on any atom is 0.136 e. The first-order valence-electron chi connectivity index (χ1n) is 6.11. The van der Waals surface area contributed by atoms with Gasteiger partial charge in [-0.1, -0.05) is 23.7 Å². The van der Waals surface area contributed by atoms with Gasteiger partial charge in [0.15, 0.2) is 0 Å². The first-order chi connectivity index (χ1) is 9.19. The van der Waals surface area contributed by atoms with Crippen LogP contribution in [0.4, 0.5) is 0 Å². The van der Waals surface area contributed by atoms with Crippen LogP contribution in [0.1, 0.15) is 11.1 Å². The molecule has 1 aromatic carbocycles. The van der Waals surface area contributed by atoms with E-state index in [1.165, 1.54) is 0 Å². The molecule has 0 saturated carbocycles. The topological polar surface area (TPSA) is 43.3 Å². The molecule has 3 aromatic rings. The molecule has 19 heavy (non-hydrogen) atoms. The molecule has 2 heterocycles. The monoisotopic (exact) mass is 271 g/mol. The number of fused-ring (bicyclic) bond motifs is 1. The van der Waals surface area contributed by atoms with E-state index < -0.39 is 0 Å². The van der Waals surface area contributed by atoms with Crippen LogP contribution in [0.5, 0.6) is 0 Å².